The number of aliphatic hydroxyl groups is 1. The van der Waals surface area contributed by atoms with Crippen molar-refractivity contribution in [3.05, 3.63) is 59.5 Å². The second-order valence-corrected chi connectivity index (χ2v) is 5.60. The Morgan fingerprint density at radius 3 is 2.39 bits per heavy atom. The predicted octanol–water partition coefficient (Wildman–Crippen LogP) is 1.23. The number of nitrogens with one attached hydrogen (secondary N) is 2. The van der Waals surface area contributed by atoms with Gasteiger partial charge in [0.15, 0.2) is 0 Å². The van der Waals surface area contributed by atoms with E-state index in [4.69, 9.17) is 4.42 Å². The number of hydrogen-bond acceptors (Lipinski definition) is 4. The summed E-state index contributed by atoms with van der Waals surface area (Å²) in [7, 11) is 0. The number of rotatable bonds is 5. The molecule has 1 aromatic heterocycles. The topological polar surface area (TPSA) is 91.6 Å². The normalized spacial score (nSPS) is 13.2. The molecule has 0 aliphatic carbocycles. The first-order valence-electron chi connectivity index (χ1n) is 7.26. The van der Waals surface area contributed by atoms with E-state index < -0.39 is 17.4 Å². The minimum absolute atomic E-state index is 0.128. The Balaban J connectivity index is 1.81. The number of aryl methyl sites for hydroxylation is 1. The zero-order valence-corrected chi connectivity index (χ0v) is 13.1. The van der Waals surface area contributed by atoms with Gasteiger partial charge < -0.3 is 20.2 Å². The smallest absolute Gasteiger partial charge is 0.309 e. The number of carbonyl (C=O) groups is 2. The molecule has 2 amide bonds. The van der Waals surface area contributed by atoms with E-state index in [1.165, 1.54) is 13.2 Å². The van der Waals surface area contributed by atoms with Crippen molar-refractivity contribution in [2.75, 3.05) is 6.54 Å². The van der Waals surface area contributed by atoms with E-state index in [1.807, 2.05) is 31.2 Å². The van der Waals surface area contributed by atoms with Gasteiger partial charge in [-0.05, 0) is 31.5 Å². The average Bonchev–Trinajstić information content (AvgIpc) is 3.07. The minimum Gasteiger partial charge on any atom is -0.466 e. The van der Waals surface area contributed by atoms with Gasteiger partial charge in [0.1, 0.15) is 11.4 Å². The lowest BCUT2D eigenvalue weighted by Crippen LogP contribution is -2.45. The molecule has 6 heteroatoms. The molecule has 2 rings (SSSR count). The highest BCUT2D eigenvalue weighted by atomic mass is 16.4. The molecule has 0 spiro atoms. The Kier molecular flexibility index (Phi) is 5.18. The van der Waals surface area contributed by atoms with Crippen LogP contribution >= 0.6 is 0 Å². The largest absolute Gasteiger partial charge is 0.466 e. The van der Waals surface area contributed by atoms with Crippen LogP contribution in [-0.4, -0.2) is 23.5 Å². The van der Waals surface area contributed by atoms with Crippen LogP contribution in [0.5, 0.6) is 0 Å². The molecule has 122 valence electrons. The van der Waals surface area contributed by atoms with Gasteiger partial charge in [0.05, 0.1) is 12.8 Å². The molecule has 0 radical (unpaired) electrons. The van der Waals surface area contributed by atoms with Crippen LogP contribution in [0.2, 0.25) is 0 Å². The van der Waals surface area contributed by atoms with Crippen LogP contribution in [-0.2, 0) is 21.7 Å². The quantitative estimate of drug-likeness (QED) is 0.724. The third-order valence-electron chi connectivity index (χ3n) is 3.43. The summed E-state index contributed by atoms with van der Waals surface area (Å²) in [6, 6.07) is 10.9. The first-order valence-corrected chi connectivity index (χ1v) is 7.26. The predicted molar refractivity (Wildman–Crippen MR) is 84.3 cm³/mol. The standard InChI is InChI=1S/C17H20N2O4/c1-12-5-7-13(8-6-12)10-18-15(20)16(21)19-11-17(2,22)14-4-3-9-23-14/h3-9,22H,10-11H2,1-2H3,(H,18,20)(H,19,21). The summed E-state index contributed by atoms with van der Waals surface area (Å²) in [5.41, 5.74) is 0.647. The van der Waals surface area contributed by atoms with Gasteiger partial charge in [0.2, 0.25) is 0 Å². The molecule has 1 aromatic carbocycles. The molecule has 2 aromatic rings. The van der Waals surface area contributed by atoms with E-state index in [-0.39, 0.29) is 13.1 Å². The highest BCUT2D eigenvalue weighted by molar-refractivity contribution is 6.35. The number of amides is 2. The van der Waals surface area contributed by atoms with Crippen LogP contribution in [0, 0.1) is 6.92 Å². The zero-order valence-electron chi connectivity index (χ0n) is 13.1. The van der Waals surface area contributed by atoms with Crippen molar-refractivity contribution in [1.82, 2.24) is 10.6 Å². The summed E-state index contributed by atoms with van der Waals surface area (Å²) < 4.78 is 5.10. The maximum atomic E-state index is 11.8. The van der Waals surface area contributed by atoms with Crippen LogP contribution in [0.15, 0.2) is 47.1 Å². The summed E-state index contributed by atoms with van der Waals surface area (Å²) >= 11 is 0. The van der Waals surface area contributed by atoms with E-state index >= 15 is 0 Å². The first-order chi connectivity index (χ1) is 10.9. The summed E-state index contributed by atoms with van der Waals surface area (Å²) in [6.07, 6.45) is 1.43. The van der Waals surface area contributed by atoms with Crippen LogP contribution in [0.1, 0.15) is 23.8 Å². The van der Waals surface area contributed by atoms with Crippen molar-refractivity contribution >= 4 is 11.8 Å². The monoisotopic (exact) mass is 316 g/mol. The van der Waals surface area contributed by atoms with Gasteiger partial charge in [-0.15, -0.1) is 0 Å². The SMILES string of the molecule is Cc1ccc(CNC(=O)C(=O)NCC(C)(O)c2ccco2)cc1. The molecular weight excluding hydrogens is 296 g/mol. The van der Waals surface area contributed by atoms with Crippen molar-refractivity contribution in [3.63, 3.8) is 0 Å². The zero-order chi connectivity index (χ0) is 16.9. The third kappa shape index (κ3) is 4.69. The van der Waals surface area contributed by atoms with E-state index in [1.54, 1.807) is 12.1 Å². The molecule has 0 fully saturated rings. The van der Waals surface area contributed by atoms with Crippen LogP contribution in [0.3, 0.4) is 0 Å². The number of furan rings is 1. The Labute approximate surface area is 134 Å². The third-order valence-corrected chi connectivity index (χ3v) is 3.43. The van der Waals surface area contributed by atoms with Crippen molar-refractivity contribution in [2.45, 2.75) is 26.0 Å². The lowest BCUT2D eigenvalue weighted by molar-refractivity contribution is -0.140. The molecule has 3 N–H and O–H groups in total. The van der Waals surface area contributed by atoms with Gasteiger partial charge in [-0.25, -0.2) is 0 Å². The lowest BCUT2D eigenvalue weighted by atomic mass is 10.0. The van der Waals surface area contributed by atoms with Gasteiger partial charge in [-0.2, -0.15) is 0 Å². The molecule has 23 heavy (non-hydrogen) atoms. The fraction of sp³-hybridized carbons (Fsp3) is 0.294. The van der Waals surface area contributed by atoms with Crippen molar-refractivity contribution in [2.24, 2.45) is 0 Å². The Hall–Kier alpha value is -2.60. The number of hydrogen-bond donors (Lipinski definition) is 3. The lowest BCUT2D eigenvalue weighted by Gasteiger charge is -2.20. The molecule has 1 heterocycles. The Morgan fingerprint density at radius 1 is 1.13 bits per heavy atom. The molecular formula is C17H20N2O4. The average molecular weight is 316 g/mol. The van der Waals surface area contributed by atoms with Crippen LogP contribution < -0.4 is 10.6 Å². The van der Waals surface area contributed by atoms with E-state index in [0.29, 0.717) is 5.76 Å². The summed E-state index contributed by atoms with van der Waals surface area (Å²) in [4.78, 5) is 23.5. The second-order valence-electron chi connectivity index (χ2n) is 5.60. The fourth-order valence-electron chi connectivity index (χ4n) is 1.97. The van der Waals surface area contributed by atoms with E-state index in [9.17, 15) is 14.7 Å². The molecule has 6 nitrogen and oxygen atoms in total. The van der Waals surface area contributed by atoms with E-state index in [0.717, 1.165) is 11.1 Å². The number of benzene rings is 1. The maximum absolute atomic E-state index is 11.8. The summed E-state index contributed by atoms with van der Waals surface area (Å²) in [6.45, 7) is 3.61. The highest BCUT2D eigenvalue weighted by Crippen LogP contribution is 2.19. The molecule has 0 bridgehead atoms. The molecule has 0 saturated heterocycles. The summed E-state index contributed by atoms with van der Waals surface area (Å²) in [5, 5.41) is 15.1. The fourth-order valence-corrected chi connectivity index (χ4v) is 1.97. The van der Waals surface area contributed by atoms with Gasteiger partial charge >= 0.3 is 11.8 Å². The van der Waals surface area contributed by atoms with E-state index in [2.05, 4.69) is 10.6 Å². The second kappa shape index (κ2) is 7.11. The molecule has 1 unspecified atom stereocenters. The van der Waals surface area contributed by atoms with Gasteiger partial charge in [0.25, 0.3) is 0 Å². The van der Waals surface area contributed by atoms with Gasteiger partial charge in [-0.3, -0.25) is 9.59 Å². The van der Waals surface area contributed by atoms with Crippen molar-refractivity contribution < 1.29 is 19.1 Å². The molecule has 0 saturated carbocycles. The van der Waals surface area contributed by atoms with Crippen LogP contribution in [0.4, 0.5) is 0 Å². The highest BCUT2D eigenvalue weighted by Gasteiger charge is 2.27. The number of carbonyl (C=O) groups excluding carboxylic acids is 2. The Bertz CT molecular complexity index is 660. The van der Waals surface area contributed by atoms with Crippen molar-refractivity contribution in [1.29, 1.82) is 0 Å². The van der Waals surface area contributed by atoms with Gasteiger partial charge in [0, 0.05) is 6.54 Å². The Morgan fingerprint density at radius 2 is 1.78 bits per heavy atom. The molecule has 1 atom stereocenters. The maximum Gasteiger partial charge on any atom is 0.309 e. The van der Waals surface area contributed by atoms with Crippen LogP contribution in [0.25, 0.3) is 0 Å². The molecule has 0 aliphatic heterocycles. The first kappa shape index (κ1) is 16.8. The van der Waals surface area contributed by atoms with Gasteiger partial charge in [-0.1, -0.05) is 29.8 Å². The molecule has 0 aliphatic rings. The summed E-state index contributed by atoms with van der Waals surface area (Å²) in [5.74, 6) is -1.23. The van der Waals surface area contributed by atoms with Crippen molar-refractivity contribution in [3.8, 4) is 0 Å². The minimum atomic E-state index is -1.38.